The molecule has 0 spiro atoms. The minimum Gasteiger partial charge on any atom is -0.352 e. The molecule has 0 unspecified atom stereocenters. The van der Waals surface area contributed by atoms with Gasteiger partial charge in [0, 0.05) is 12.6 Å². The first-order valence-corrected chi connectivity index (χ1v) is 12.8. The third kappa shape index (κ3) is 7.56. The molecule has 2 aromatic carbocycles. The molecule has 2 amide bonds. The van der Waals surface area contributed by atoms with Gasteiger partial charge in [-0.1, -0.05) is 44.2 Å². The third-order valence-corrected chi connectivity index (χ3v) is 6.52. The van der Waals surface area contributed by atoms with E-state index in [1.165, 1.54) is 17.0 Å². The fourth-order valence-corrected chi connectivity index (χ4v) is 4.20. The van der Waals surface area contributed by atoms with Crippen LogP contribution in [0, 0.1) is 5.82 Å². The first-order valence-electron chi connectivity index (χ1n) is 10.9. The zero-order valence-corrected chi connectivity index (χ0v) is 20.3. The number of halogens is 1. The number of para-hydroxylation sites is 1. The van der Waals surface area contributed by atoms with Gasteiger partial charge in [-0.05, 0) is 49.6 Å². The van der Waals surface area contributed by atoms with Crippen LogP contribution in [0.2, 0.25) is 0 Å². The van der Waals surface area contributed by atoms with Crippen LogP contribution in [0.1, 0.15) is 39.2 Å². The Morgan fingerprint density at radius 3 is 2.12 bits per heavy atom. The van der Waals surface area contributed by atoms with Gasteiger partial charge in [-0.15, -0.1) is 0 Å². The summed E-state index contributed by atoms with van der Waals surface area (Å²) in [5.74, 6) is -1.25. The number of amides is 2. The van der Waals surface area contributed by atoms with Crippen molar-refractivity contribution in [2.45, 2.75) is 52.2 Å². The van der Waals surface area contributed by atoms with Crippen molar-refractivity contribution in [3.8, 4) is 0 Å². The molecule has 0 saturated heterocycles. The molecule has 9 heteroatoms. The Morgan fingerprint density at radius 1 is 1.00 bits per heavy atom. The molecule has 1 N–H and O–H groups in total. The zero-order valence-electron chi connectivity index (χ0n) is 19.5. The second kappa shape index (κ2) is 11.8. The molecule has 0 aromatic heterocycles. The van der Waals surface area contributed by atoms with Gasteiger partial charge >= 0.3 is 0 Å². The van der Waals surface area contributed by atoms with Gasteiger partial charge in [0.05, 0.1) is 11.9 Å². The third-order valence-electron chi connectivity index (χ3n) is 5.38. The predicted molar refractivity (Wildman–Crippen MR) is 128 cm³/mol. The summed E-state index contributed by atoms with van der Waals surface area (Å²) >= 11 is 0. The Hall–Kier alpha value is -2.94. The van der Waals surface area contributed by atoms with Crippen LogP contribution in [0.3, 0.4) is 0 Å². The van der Waals surface area contributed by atoms with Crippen molar-refractivity contribution < 1.29 is 22.4 Å². The van der Waals surface area contributed by atoms with Gasteiger partial charge in [0.25, 0.3) is 0 Å². The lowest BCUT2D eigenvalue weighted by molar-refractivity contribution is -0.140. The molecule has 0 radical (unpaired) electrons. The summed E-state index contributed by atoms with van der Waals surface area (Å²) in [6, 6.07) is 13.1. The van der Waals surface area contributed by atoms with E-state index in [1.54, 1.807) is 49.4 Å². The van der Waals surface area contributed by atoms with Crippen LogP contribution in [-0.4, -0.2) is 50.0 Å². The number of hydrogen-bond donors (Lipinski definition) is 1. The maximum Gasteiger partial charge on any atom is 0.244 e. The molecule has 0 heterocycles. The Balaban J connectivity index is 2.40. The van der Waals surface area contributed by atoms with Gasteiger partial charge in [0.1, 0.15) is 18.4 Å². The molecular formula is C24H32FN3O4S. The molecule has 0 saturated carbocycles. The Bertz CT molecular complexity index is 1030. The second-order valence-electron chi connectivity index (χ2n) is 8.00. The molecule has 0 aliphatic rings. The van der Waals surface area contributed by atoms with Crippen LogP contribution in [0.25, 0.3) is 0 Å². The lowest BCUT2D eigenvalue weighted by atomic mass is 10.1. The number of nitrogens with one attached hydrogen (secondary N) is 1. The number of carbonyl (C=O) groups excluding carboxylic acids is 2. The average Bonchev–Trinajstić information content (AvgIpc) is 2.78. The van der Waals surface area contributed by atoms with E-state index in [0.717, 1.165) is 17.0 Å². The first kappa shape index (κ1) is 26.3. The van der Waals surface area contributed by atoms with Crippen molar-refractivity contribution in [1.82, 2.24) is 10.2 Å². The van der Waals surface area contributed by atoms with Crippen LogP contribution >= 0.6 is 0 Å². The molecule has 0 bridgehead atoms. The highest BCUT2D eigenvalue weighted by atomic mass is 32.2. The van der Waals surface area contributed by atoms with E-state index in [-0.39, 0.29) is 18.5 Å². The number of anilines is 1. The molecule has 33 heavy (non-hydrogen) atoms. The van der Waals surface area contributed by atoms with Crippen molar-refractivity contribution in [3.63, 3.8) is 0 Å². The minimum atomic E-state index is -3.76. The van der Waals surface area contributed by atoms with Crippen molar-refractivity contribution in [1.29, 1.82) is 0 Å². The van der Waals surface area contributed by atoms with E-state index in [4.69, 9.17) is 0 Å². The lowest BCUT2D eigenvalue weighted by Crippen LogP contribution is -2.53. The zero-order chi connectivity index (χ0) is 24.6. The lowest BCUT2D eigenvalue weighted by Gasteiger charge is -2.33. The maximum absolute atomic E-state index is 13.5. The molecule has 0 fully saturated rings. The largest absolute Gasteiger partial charge is 0.352 e. The molecule has 7 nitrogen and oxygen atoms in total. The van der Waals surface area contributed by atoms with Gasteiger partial charge in [0.2, 0.25) is 21.8 Å². The summed E-state index contributed by atoms with van der Waals surface area (Å²) in [4.78, 5) is 27.8. The number of sulfonamides is 1. The van der Waals surface area contributed by atoms with E-state index in [0.29, 0.717) is 17.7 Å². The first-order chi connectivity index (χ1) is 15.6. The van der Waals surface area contributed by atoms with Crippen molar-refractivity contribution in [3.05, 3.63) is 66.0 Å². The number of carbonyl (C=O) groups is 2. The molecule has 2 atom stereocenters. The average molecular weight is 478 g/mol. The summed E-state index contributed by atoms with van der Waals surface area (Å²) in [6.45, 7) is 5.18. The quantitative estimate of drug-likeness (QED) is 0.538. The smallest absolute Gasteiger partial charge is 0.244 e. The highest BCUT2D eigenvalue weighted by molar-refractivity contribution is 7.92. The van der Waals surface area contributed by atoms with Gasteiger partial charge in [0.15, 0.2) is 0 Å². The van der Waals surface area contributed by atoms with Gasteiger partial charge in [-0.3, -0.25) is 13.9 Å². The van der Waals surface area contributed by atoms with Gasteiger partial charge in [-0.2, -0.15) is 0 Å². The monoisotopic (exact) mass is 477 g/mol. The summed E-state index contributed by atoms with van der Waals surface area (Å²) in [5, 5.41) is 2.90. The summed E-state index contributed by atoms with van der Waals surface area (Å²) in [5.41, 5.74) is 0.984. The van der Waals surface area contributed by atoms with Crippen LogP contribution in [0.5, 0.6) is 0 Å². The Morgan fingerprint density at radius 2 is 1.61 bits per heavy atom. The summed E-state index contributed by atoms with van der Waals surface area (Å²) in [7, 11) is -3.76. The van der Waals surface area contributed by atoms with Gasteiger partial charge in [-0.25, -0.2) is 12.8 Å². The predicted octanol–water partition coefficient (Wildman–Crippen LogP) is 3.31. The molecular weight excluding hydrogens is 445 g/mol. The topological polar surface area (TPSA) is 86.8 Å². The summed E-state index contributed by atoms with van der Waals surface area (Å²) in [6.07, 6.45) is 2.09. The van der Waals surface area contributed by atoms with E-state index in [9.17, 15) is 22.4 Å². The second-order valence-corrected chi connectivity index (χ2v) is 9.90. The fraction of sp³-hybridized carbons (Fsp3) is 0.417. The molecule has 2 aromatic rings. The SMILES string of the molecule is CC[C@H](C(=O)N[C@@H](C)CC)N(Cc1ccc(F)cc1)C(=O)CN(c1ccccc1)S(C)(=O)=O. The minimum absolute atomic E-state index is 0.0396. The Kier molecular flexibility index (Phi) is 9.40. The van der Waals surface area contributed by atoms with E-state index >= 15 is 0 Å². The fourth-order valence-electron chi connectivity index (χ4n) is 3.36. The van der Waals surface area contributed by atoms with Crippen molar-refractivity contribution >= 4 is 27.5 Å². The van der Waals surface area contributed by atoms with Crippen molar-refractivity contribution in [2.24, 2.45) is 0 Å². The van der Waals surface area contributed by atoms with E-state index in [1.807, 2.05) is 13.8 Å². The standard InChI is InChI=1S/C24H32FN3O4S/c1-5-18(3)26-24(30)22(6-2)27(16-19-12-14-20(25)15-13-19)23(29)17-28(33(4,31)32)21-10-8-7-9-11-21/h7-15,18,22H,5-6,16-17H2,1-4H3,(H,26,30)/t18-,22+/m0/s1. The molecule has 180 valence electrons. The number of nitrogens with zero attached hydrogens (tertiary/aromatic N) is 2. The van der Waals surface area contributed by atoms with Crippen molar-refractivity contribution in [2.75, 3.05) is 17.1 Å². The van der Waals surface area contributed by atoms with Crippen LogP contribution in [0.4, 0.5) is 10.1 Å². The molecule has 0 aliphatic carbocycles. The van der Waals surface area contributed by atoms with E-state index < -0.39 is 34.3 Å². The van der Waals surface area contributed by atoms with Crippen LogP contribution in [-0.2, 0) is 26.2 Å². The summed E-state index contributed by atoms with van der Waals surface area (Å²) < 4.78 is 39.4. The normalized spacial score (nSPS) is 13.1. The number of benzene rings is 2. The number of hydrogen-bond acceptors (Lipinski definition) is 4. The number of rotatable bonds is 11. The maximum atomic E-state index is 13.5. The molecule has 0 aliphatic heterocycles. The van der Waals surface area contributed by atoms with E-state index in [2.05, 4.69) is 5.32 Å². The highest BCUT2D eigenvalue weighted by Gasteiger charge is 2.32. The molecule has 2 rings (SSSR count). The van der Waals surface area contributed by atoms with Crippen LogP contribution in [0.15, 0.2) is 54.6 Å². The highest BCUT2D eigenvalue weighted by Crippen LogP contribution is 2.19. The Labute approximate surface area is 195 Å². The van der Waals surface area contributed by atoms with Gasteiger partial charge < -0.3 is 10.2 Å². The van der Waals surface area contributed by atoms with Crippen LogP contribution < -0.4 is 9.62 Å².